The number of rotatable bonds is 6. The first-order valence-corrected chi connectivity index (χ1v) is 11.1. The van der Waals surface area contributed by atoms with Gasteiger partial charge in [-0.25, -0.2) is 0 Å². The van der Waals surface area contributed by atoms with Crippen LogP contribution in [0.4, 0.5) is 0 Å². The van der Waals surface area contributed by atoms with E-state index in [-0.39, 0.29) is 33.4 Å². The van der Waals surface area contributed by atoms with Gasteiger partial charge in [-0.2, -0.15) is 31.6 Å². The minimum Gasteiger partial charge on any atom is -0.192 e. The lowest BCUT2D eigenvalue weighted by Gasteiger charge is -2.08. The van der Waals surface area contributed by atoms with Gasteiger partial charge < -0.3 is 0 Å². The molecule has 3 aromatic rings. The highest BCUT2D eigenvalue weighted by atomic mass is 14.3. The summed E-state index contributed by atoms with van der Waals surface area (Å²) < 4.78 is 0. The number of nitrogens with zero attached hydrogens (tertiary/aromatic N) is 6. The Morgan fingerprint density at radius 1 is 0.421 bits per heavy atom. The van der Waals surface area contributed by atoms with Crippen LogP contribution in [0.15, 0.2) is 107 Å². The van der Waals surface area contributed by atoms with Crippen molar-refractivity contribution in [2.75, 3.05) is 0 Å². The van der Waals surface area contributed by atoms with Crippen molar-refractivity contribution in [2.24, 2.45) is 0 Å². The van der Waals surface area contributed by atoms with E-state index < -0.39 is 0 Å². The molecule has 0 unspecified atom stereocenters. The maximum absolute atomic E-state index is 9.86. The first-order valence-electron chi connectivity index (χ1n) is 11.1. The summed E-state index contributed by atoms with van der Waals surface area (Å²) in [6.07, 6.45) is 3.16. The molecule has 6 heteroatoms. The average molecular weight is 485 g/mol. The Kier molecular flexibility index (Phi) is 8.86. The standard InChI is InChI=1S/C32H16N6/c33-17-27(31(29(19-35)20-36)25-7-3-1-4-8-25)15-23-11-13-24(14-12-23)16-28(18-34)32(30(21-37)22-38)26-9-5-2-6-10-26/h1-16H. The van der Waals surface area contributed by atoms with E-state index in [2.05, 4.69) is 12.1 Å². The third-order valence-electron chi connectivity index (χ3n) is 5.41. The van der Waals surface area contributed by atoms with Crippen LogP contribution >= 0.6 is 0 Å². The van der Waals surface area contributed by atoms with Gasteiger partial charge in [0.15, 0.2) is 0 Å². The molecule has 3 rings (SSSR count). The molecule has 0 heterocycles. The zero-order valence-electron chi connectivity index (χ0n) is 19.9. The molecule has 0 amide bonds. The highest BCUT2D eigenvalue weighted by Gasteiger charge is 2.16. The molecule has 0 radical (unpaired) electrons. The Balaban J connectivity index is 2.08. The maximum Gasteiger partial charge on any atom is 0.138 e. The number of nitriles is 6. The van der Waals surface area contributed by atoms with Gasteiger partial charge in [0.25, 0.3) is 0 Å². The fourth-order valence-electron chi connectivity index (χ4n) is 3.69. The van der Waals surface area contributed by atoms with Crippen molar-refractivity contribution in [1.29, 1.82) is 31.6 Å². The lowest BCUT2D eigenvalue weighted by molar-refractivity contribution is 1.44. The summed E-state index contributed by atoms with van der Waals surface area (Å²) in [5.74, 6) is 0. The molecule has 6 nitrogen and oxygen atoms in total. The fraction of sp³-hybridized carbons (Fsp3) is 0. The Morgan fingerprint density at radius 3 is 1.00 bits per heavy atom. The molecule has 0 aliphatic carbocycles. The number of benzene rings is 3. The van der Waals surface area contributed by atoms with Gasteiger partial charge in [-0.05, 0) is 34.4 Å². The summed E-state index contributed by atoms with van der Waals surface area (Å²) in [5, 5.41) is 57.6. The van der Waals surface area contributed by atoms with Crippen molar-refractivity contribution >= 4 is 23.3 Å². The van der Waals surface area contributed by atoms with E-state index in [1.807, 2.05) is 24.3 Å². The van der Waals surface area contributed by atoms with Crippen molar-refractivity contribution in [2.45, 2.75) is 0 Å². The molecule has 0 aliphatic rings. The van der Waals surface area contributed by atoms with Crippen molar-refractivity contribution in [3.8, 4) is 36.4 Å². The highest BCUT2D eigenvalue weighted by Crippen LogP contribution is 2.30. The summed E-state index contributed by atoms with van der Waals surface area (Å²) in [4.78, 5) is 0. The van der Waals surface area contributed by atoms with E-state index in [4.69, 9.17) is 0 Å². The summed E-state index contributed by atoms with van der Waals surface area (Å²) in [6, 6.07) is 36.1. The monoisotopic (exact) mass is 484 g/mol. The SMILES string of the molecule is N#CC(=Cc1ccc(C=C(C#N)C(=C(C#N)C#N)c2ccccc2)cc1)C(=C(C#N)C#N)c1ccccc1. The van der Waals surface area contributed by atoms with Gasteiger partial charge in [-0.3, -0.25) is 0 Å². The third-order valence-corrected chi connectivity index (χ3v) is 5.41. The van der Waals surface area contributed by atoms with E-state index in [1.54, 1.807) is 97.1 Å². The Morgan fingerprint density at radius 2 is 0.737 bits per heavy atom. The largest absolute Gasteiger partial charge is 0.192 e. The van der Waals surface area contributed by atoms with Crippen LogP contribution in [0.2, 0.25) is 0 Å². The third kappa shape index (κ3) is 5.97. The summed E-state index contributed by atoms with van der Waals surface area (Å²) in [7, 11) is 0. The van der Waals surface area contributed by atoms with Gasteiger partial charge in [0.1, 0.15) is 35.4 Å². The van der Waals surface area contributed by atoms with Crippen LogP contribution in [0.25, 0.3) is 23.3 Å². The molecule has 0 saturated carbocycles. The normalized spacial score (nSPS) is 10.3. The average Bonchev–Trinajstić information content (AvgIpc) is 2.98. The molecule has 0 atom stereocenters. The Labute approximate surface area is 220 Å². The topological polar surface area (TPSA) is 143 Å². The molecule has 0 saturated heterocycles. The Bertz CT molecular complexity index is 1560. The quantitative estimate of drug-likeness (QED) is 0.288. The van der Waals surface area contributed by atoms with Gasteiger partial charge in [-0.1, -0.05) is 84.9 Å². The number of hydrogen-bond donors (Lipinski definition) is 0. The smallest absolute Gasteiger partial charge is 0.138 e. The second-order valence-corrected chi connectivity index (χ2v) is 7.69. The van der Waals surface area contributed by atoms with Crippen LogP contribution in [0, 0.1) is 68.0 Å². The van der Waals surface area contributed by atoms with E-state index in [9.17, 15) is 31.6 Å². The van der Waals surface area contributed by atoms with Crippen molar-refractivity contribution in [1.82, 2.24) is 0 Å². The summed E-state index contributed by atoms with van der Waals surface area (Å²) in [6.45, 7) is 0. The van der Waals surface area contributed by atoms with Crippen molar-refractivity contribution in [3.05, 3.63) is 129 Å². The minimum atomic E-state index is -0.173. The van der Waals surface area contributed by atoms with Gasteiger partial charge in [0, 0.05) is 11.1 Å². The van der Waals surface area contributed by atoms with Crippen LogP contribution in [-0.4, -0.2) is 0 Å². The molecule has 0 spiro atoms. The lowest BCUT2D eigenvalue weighted by atomic mass is 9.92. The van der Waals surface area contributed by atoms with Crippen LogP contribution in [0.3, 0.4) is 0 Å². The van der Waals surface area contributed by atoms with Crippen LogP contribution < -0.4 is 0 Å². The number of hydrogen-bond acceptors (Lipinski definition) is 6. The van der Waals surface area contributed by atoms with Gasteiger partial charge in [0.05, 0.1) is 23.3 Å². The van der Waals surface area contributed by atoms with E-state index in [1.165, 1.54) is 0 Å². The zero-order valence-corrected chi connectivity index (χ0v) is 19.9. The van der Waals surface area contributed by atoms with Gasteiger partial charge >= 0.3 is 0 Å². The molecule has 3 aromatic carbocycles. The van der Waals surface area contributed by atoms with Crippen molar-refractivity contribution in [3.63, 3.8) is 0 Å². The Hall–Kier alpha value is -6.44. The molecule has 0 bridgehead atoms. The molecular formula is C32H16N6. The summed E-state index contributed by atoms with van der Waals surface area (Å²) >= 11 is 0. The second-order valence-electron chi connectivity index (χ2n) is 7.69. The second kappa shape index (κ2) is 12.9. The molecule has 174 valence electrons. The molecule has 0 N–H and O–H groups in total. The van der Waals surface area contributed by atoms with Crippen LogP contribution in [-0.2, 0) is 0 Å². The fourth-order valence-corrected chi connectivity index (χ4v) is 3.69. The van der Waals surface area contributed by atoms with E-state index in [0.717, 1.165) is 0 Å². The zero-order chi connectivity index (χ0) is 27.3. The first kappa shape index (κ1) is 26.2. The predicted molar refractivity (Wildman–Crippen MR) is 143 cm³/mol. The molecule has 38 heavy (non-hydrogen) atoms. The van der Waals surface area contributed by atoms with Gasteiger partial charge in [-0.15, -0.1) is 0 Å². The molecular weight excluding hydrogens is 468 g/mol. The summed E-state index contributed by atoms with van der Waals surface area (Å²) in [5.41, 5.74) is 2.85. The number of allylic oxidation sites excluding steroid dienone is 6. The molecule has 0 aromatic heterocycles. The lowest BCUT2D eigenvalue weighted by Crippen LogP contribution is -1.94. The van der Waals surface area contributed by atoms with E-state index in [0.29, 0.717) is 22.3 Å². The predicted octanol–water partition coefficient (Wildman–Crippen LogP) is 6.50. The maximum atomic E-state index is 9.86. The molecule has 0 fully saturated rings. The molecule has 0 aliphatic heterocycles. The van der Waals surface area contributed by atoms with Crippen LogP contribution in [0.1, 0.15) is 22.3 Å². The highest BCUT2D eigenvalue weighted by molar-refractivity contribution is 5.94. The van der Waals surface area contributed by atoms with Gasteiger partial charge in [0.2, 0.25) is 0 Å². The van der Waals surface area contributed by atoms with E-state index >= 15 is 0 Å². The minimum absolute atomic E-state index is 0.150. The van der Waals surface area contributed by atoms with Crippen LogP contribution in [0.5, 0.6) is 0 Å². The first-order chi connectivity index (χ1) is 18.6. The van der Waals surface area contributed by atoms with Crippen molar-refractivity contribution < 1.29 is 0 Å².